The Bertz CT molecular complexity index is 2040. The molecule has 18 heteroatoms. The first-order valence-electron chi connectivity index (χ1n) is 16.3. The minimum atomic E-state index is -5.57. The van der Waals surface area contributed by atoms with Crippen LogP contribution in [0.15, 0.2) is 42.6 Å². The Morgan fingerprint density at radius 2 is 1.72 bits per heavy atom. The largest absolute Gasteiger partial charge is 0.435 e. The second kappa shape index (κ2) is 14.2. The van der Waals surface area contributed by atoms with Gasteiger partial charge in [-0.1, -0.05) is 6.07 Å². The van der Waals surface area contributed by atoms with Crippen LogP contribution < -0.4 is 5.32 Å². The lowest BCUT2D eigenvalue weighted by Crippen LogP contribution is -2.34. The van der Waals surface area contributed by atoms with Crippen LogP contribution in [-0.2, 0) is 40.5 Å². The van der Waals surface area contributed by atoms with Gasteiger partial charge in [0.25, 0.3) is 11.8 Å². The van der Waals surface area contributed by atoms with Crippen LogP contribution in [0.25, 0.3) is 11.1 Å². The Morgan fingerprint density at radius 3 is 2.36 bits per heavy atom. The van der Waals surface area contributed by atoms with Crippen LogP contribution in [0.1, 0.15) is 77.1 Å². The zero-order valence-corrected chi connectivity index (χ0v) is 27.6. The Balaban J connectivity index is 1.46. The predicted octanol–water partition coefficient (Wildman–Crippen LogP) is 8.14. The van der Waals surface area contributed by atoms with E-state index in [0.29, 0.717) is 19.1 Å². The molecule has 1 fully saturated rings. The maximum Gasteiger partial charge on any atom is 0.435 e. The first kappa shape index (κ1) is 37.9. The number of carbonyl (C=O) groups is 2. The molecule has 6 rings (SSSR count). The van der Waals surface area contributed by atoms with Crippen LogP contribution in [0, 0.1) is 17.5 Å². The number of nitrogens with one attached hydrogen (secondary N) is 1. The van der Waals surface area contributed by atoms with Gasteiger partial charge in [0.2, 0.25) is 5.95 Å². The molecule has 2 aliphatic rings. The Kier molecular flexibility index (Phi) is 10.1. The van der Waals surface area contributed by atoms with Crippen molar-refractivity contribution in [2.24, 2.45) is 0 Å². The van der Waals surface area contributed by atoms with Crippen molar-refractivity contribution in [1.29, 1.82) is 0 Å². The van der Waals surface area contributed by atoms with Gasteiger partial charge in [-0.3, -0.25) is 14.3 Å². The van der Waals surface area contributed by atoms with Crippen molar-refractivity contribution in [2.45, 2.75) is 75.6 Å². The lowest BCUT2D eigenvalue weighted by atomic mass is 9.86. The smallest absolute Gasteiger partial charge is 0.379 e. The number of fused-ring (bicyclic) bond motifs is 1. The first-order valence-corrected chi connectivity index (χ1v) is 16.3. The summed E-state index contributed by atoms with van der Waals surface area (Å²) in [5, 5.41) is 6.10. The van der Waals surface area contributed by atoms with Crippen LogP contribution >= 0.6 is 0 Å². The van der Waals surface area contributed by atoms with E-state index in [0.717, 1.165) is 25.1 Å². The summed E-state index contributed by atoms with van der Waals surface area (Å²) in [6.45, 7) is 0.511. The molecule has 3 heterocycles. The summed E-state index contributed by atoms with van der Waals surface area (Å²) in [6, 6.07) is 5.69. The second-order valence-corrected chi connectivity index (χ2v) is 13.0. The number of rotatable bonds is 11. The molecule has 0 spiro atoms. The van der Waals surface area contributed by atoms with Crippen molar-refractivity contribution in [2.75, 3.05) is 18.5 Å². The molecule has 1 unspecified atom stereocenters. The molecule has 0 bridgehead atoms. The Morgan fingerprint density at radius 1 is 1.02 bits per heavy atom. The standard InChI is InChI=1S/C35H29F10N5O3/c1-17(51)25-12-19(2-3-27(25)38)26-14-46-32(47-23-4-7-53-16-23)48-29(26)20(8-18-9-21(36)13-22(37)10-18)11-24(52)15-50-31-28(30(49-50)35(43,44)45)33(39,40)5-6-34(31,41)42/h2-3,9-10,12-14,20,23H,4-8,11,15-16H2,1H3,(H,46,47,48)/t20-,23?/m1/s1. The SMILES string of the molecule is CC(=O)c1cc(-c2cnc(NC3CCOC3)nc2[C@@H](CC(=O)Cn2nc(C(F)(F)F)c3c2C(F)(F)CCC3(F)F)Cc2cc(F)cc(F)c2)ccc1F. The molecule has 53 heavy (non-hydrogen) atoms. The summed E-state index contributed by atoms with van der Waals surface area (Å²) in [4.78, 5) is 34.8. The molecule has 0 amide bonds. The number of hydrogen-bond donors (Lipinski definition) is 1. The number of halogens is 10. The zero-order valence-electron chi connectivity index (χ0n) is 27.6. The number of benzene rings is 2. The summed E-state index contributed by atoms with van der Waals surface area (Å²) < 4.78 is 150. The number of alkyl halides is 7. The normalized spacial score (nSPS) is 18.4. The van der Waals surface area contributed by atoms with Crippen LogP contribution in [0.2, 0.25) is 0 Å². The second-order valence-electron chi connectivity index (χ2n) is 13.0. The van der Waals surface area contributed by atoms with E-state index >= 15 is 8.78 Å². The lowest BCUT2D eigenvalue weighted by Gasteiger charge is -2.30. The third kappa shape index (κ3) is 8.06. The predicted molar refractivity (Wildman–Crippen MR) is 167 cm³/mol. The van der Waals surface area contributed by atoms with Crippen molar-refractivity contribution in [3.05, 3.63) is 93.8 Å². The van der Waals surface area contributed by atoms with E-state index in [4.69, 9.17) is 4.74 Å². The lowest BCUT2D eigenvalue weighted by molar-refractivity contribution is -0.149. The Hall–Kier alpha value is -4.87. The van der Waals surface area contributed by atoms with Gasteiger partial charge >= 0.3 is 6.18 Å². The van der Waals surface area contributed by atoms with Gasteiger partial charge in [-0.15, -0.1) is 0 Å². The number of ketones is 2. The summed E-state index contributed by atoms with van der Waals surface area (Å²) in [6.07, 6.45) is -7.97. The van der Waals surface area contributed by atoms with Crippen molar-refractivity contribution < 1.29 is 58.2 Å². The van der Waals surface area contributed by atoms with E-state index in [1.54, 1.807) is 0 Å². The van der Waals surface area contributed by atoms with Gasteiger partial charge in [-0.2, -0.15) is 27.1 Å². The molecule has 2 aromatic heterocycles. The minimum absolute atomic E-state index is 0.00568. The highest BCUT2D eigenvalue weighted by atomic mass is 19.4. The fraction of sp³-hybridized carbons (Fsp3) is 0.400. The Labute approximate surface area is 294 Å². The van der Waals surface area contributed by atoms with Crippen molar-refractivity contribution in [3.8, 4) is 11.1 Å². The van der Waals surface area contributed by atoms with Crippen LogP contribution in [-0.4, -0.2) is 50.6 Å². The molecule has 0 radical (unpaired) electrons. The molecular formula is C35H29F10N5O3. The summed E-state index contributed by atoms with van der Waals surface area (Å²) in [7, 11) is 0. The third-order valence-corrected chi connectivity index (χ3v) is 9.02. The average molecular weight is 758 g/mol. The van der Waals surface area contributed by atoms with E-state index in [-0.39, 0.29) is 57.6 Å². The maximum absolute atomic E-state index is 15.1. The summed E-state index contributed by atoms with van der Waals surface area (Å²) in [5.74, 6) is -14.3. The highest BCUT2D eigenvalue weighted by Gasteiger charge is 2.57. The minimum Gasteiger partial charge on any atom is -0.379 e. The molecule has 1 aliphatic heterocycles. The highest BCUT2D eigenvalue weighted by molar-refractivity contribution is 5.95. The van der Waals surface area contributed by atoms with E-state index < -0.39 is 95.7 Å². The van der Waals surface area contributed by atoms with E-state index in [9.17, 15) is 44.7 Å². The molecule has 2 atom stereocenters. The van der Waals surface area contributed by atoms with Crippen LogP contribution in [0.5, 0.6) is 0 Å². The molecule has 4 aromatic rings. The topological polar surface area (TPSA) is 99.0 Å². The summed E-state index contributed by atoms with van der Waals surface area (Å²) in [5.41, 5.74) is -6.08. The molecular weight excluding hydrogens is 728 g/mol. The van der Waals surface area contributed by atoms with Crippen molar-refractivity contribution >= 4 is 17.5 Å². The fourth-order valence-electron chi connectivity index (χ4n) is 6.63. The van der Waals surface area contributed by atoms with Gasteiger partial charge in [-0.05, 0) is 55.2 Å². The molecule has 1 saturated heterocycles. The number of Topliss-reactive ketones (excluding diaryl/α,β-unsaturated/α-hetero) is 2. The average Bonchev–Trinajstić information content (AvgIpc) is 3.72. The van der Waals surface area contributed by atoms with Gasteiger partial charge in [0, 0.05) is 49.6 Å². The molecule has 0 saturated carbocycles. The van der Waals surface area contributed by atoms with E-state index in [1.807, 2.05) is 0 Å². The van der Waals surface area contributed by atoms with Crippen molar-refractivity contribution in [1.82, 2.24) is 19.7 Å². The van der Waals surface area contributed by atoms with Gasteiger partial charge < -0.3 is 10.1 Å². The number of aromatic nitrogens is 4. The van der Waals surface area contributed by atoms with Crippen molar-refractivity contribution in [3.63, 3.8) is 0 Å². The van der Waals surface area contributed by atoms with E-state index in [2.05, 4.69) is 20.4 Å². The third-order valence-electron chi connectivity index (χ3n) is 9.02. The number of carbonyl (C=O) groups excluding carboxylic acids is 2. The first-order chi connectivity index (χ1) is 24.8. The van der Waals surface area contributed by atoms with Gasteiger partial charge in [0.05, 0.1) is 29.5 Å². The number of hydrogen-bond acceptors (Lipinski definition) is 7. The maximum atomic E-state index is 15.1. The van der Waals surface area contributed by atoms with Gasteiger partial charge in [0.1, 0.15) is 29.7 Å². The van der Waals surface area contributed by atoms with E-state index in [1.165, 1.54) is 18.3 Å². The number of anilines is 1. The van der Waals surface area contributed by atoms with Crippen LogP contribution in [0.3, 0.4) is 0 Å². The summed E-state index contributed by atoms with van der Waals surface area (Å²) >= 11 is 0. The number of ether oxygens (including phenoxy) is 1. The van der Waals surface area contributed by atoms with Gasteiger partial charge in [0.15, 0.2) is 17.3 Å². The van der Waals surface area contributed by atoms with Gasteiger partial charge in [-0.25, -0.2) is 31.9 Å². The quantitative estimate of drug-likeness (QED) is 0.122. The molecule has 1 aliphatic carbocycles. The van der Waals surface area contributed by atoms with Crippen LogP contribution in [0.4, 0.5) is 49.9 Å². The molecule has 282 valence electrons. The zero-order chi connectivity index (χ0) is 38.5. The molecule has 1 N–H and O–H groups in total. The fourth-order valence-corrected chi connectivity index (χ4v) is 6.63. The molecule has 2 aromatic carbocycles. The monoisotopic (exact) mass is 757 g/mol. The highest BCUT2D eigenvalue weighted by Crippen LogP contribution is 2.53. The number of nitrogens with zero attached hydrogens (tertiary/aromatic N) is 4. The molecule has 8 nitrogen and oxygen atoms in total.